The zero-order valence-electron chi connectivity index (χ0n) is 28.8. The van der Waals surface area contributed by atoms with Gasteiger partial charge in [0.05, 0.1) is 28.1 Å². The highest BCUT2D eigenvalue weighted by molar-refractivity contribution is 6.19. The van der Waals surface area contributed by atoms with Crippen LogP contribution in [0.1, 0.15) is 30.0 Å². The maximum atomic E-state index is 6.59. The van der Waals surface area contributed by atoms with Gasteiger partial charge in [-0.1, -0.05) is 115 Å². The molecule has 2 heterocycles. The molecule has 0 saturated heterocycles. The van der Waals surface area contributed by atoms with Crippen LogP contribution in [-0.4, -0.2) is 15.2 Å². The van der Waals surface area contributed by atoms with E-state index >= 15 is 0 Å². The Morgan fingerprint density at radius 2 is 1.31 bits per heavy atom. The molecule has 0 aliphatic heterocycles. The normalized spacial score (nSPS) is 14.3. The summed E-state index contributed by atoms with van der Waals surface area (Å²) in [5.74, 6) is 0. The molecule has 9 rings (SSSR count). The van der Waals surface area contributed by atoms with Gasteiger partial charge in [0.1, 0.15) is 0 Å². The van der Waals surface area contributed by atoms with Gasteiger partial charge in [0, 0.05) is 39.5 Å². The van der Waals surface area contributed by atoms with E-state index in [-0.39, 0.29) is 6.04 Å². The Balaban J connectivity index is 1.22. The van der Waals surface area contributed by atoms with Gasteiger partial charge in [-0.3, -0.25) is 0 Å². The van der Waals surface area contributed by atoms with Gasteiger partial charge in [-0.2, -0.15) is 0 Å². The van der Waals surface area contributed by atoms with E-state index in [2.05, 4.69) is 179 Å². The van der Waals surface area contributed by atoms with Gasteiger partial charge >= 0.3 is 0 Å². The Morgan fingerprint density at radius 3 is 2.10 bits per heavy atom. The van der Waals surface area contributed by atoms with Crippen LogP contribution in [0, 0.1) is 0 Å². The van der Waals surface area contributed by atoms with Crippen LogP contribution in [0.25, 0.3) is 61.1 Å². The van der Waals surface area contributed by atoms with Crippen molar-refractivity contribution in [3.63, 3.8) is 0 Å². The molecule has 0 spiro atoms. The van der Waals surface area contributed by atoms with Gasteiger partial charge in [-0.25, -0.2) is 0 Å². The van der Waals surface area contributed by atoms with Gasteiger partial charge in [-0.15, -0.1) is 0 Å². The third-order valence-electron chi connectivity index (χ3n) is 10.5. The number of rotatable bonds is 8. The highest BCUT2D eigenvalue weighted by Gasteiger charge is 2.23. The molecule has 1 aliphatic carbocycles. The van der Waals surface area contributed by atoms with Gasteiger partial charge in [0.15, 0.2) is 0 Å². The fourth-order valence-electron chi connectivity index (χ4n) is 8.16. The van der Waals surface area contributed by atoms with E-state index < -0.39 is 0 Å². The molecule has 0 radical (unpaired) electrons. The lowest BCUT2D eigenvalue weighted by atomic mass is 9.86. The molecule has 4 heteroatoms. The second-order valence-electron chi connectivity index (χ2n) is 13.6. The van der Waals surface area contributed by atoms with E-state index in [0.717, 1.165) is 36.3 Å². The molecule has 0 saturated carbocycles. The highest BCUT2D eigenvalue weighted by Crippen LogP contribution is 2.40. The van der Waals surface area contributed by atoms with Crippen molar-refractivity contribution in [3.8, 4) is 5.69 Å². The van der Waals surface area contributed by atoms with Crippen molar-refractivity contribution in [1.29, 1.82) is 0 Å². The molecule has 1 atom stereocenters. The average Bonchev–Trinajstić information content (AvgIpc) is 3.69. The van der Waals surface area contributed by atoms with Crippen molar-refractivity contribution in [2.24, 2.45) is 5.73 Å². The van der Waals surface area contributed by atoms with Crippen molar-refractivity contribution < 1.29 is 0 Å². The zero-order valence-corrected chi connectivity index (χ0v) is 28.8. The first-order chi connectivity index (χ1) is 25.2. The maximum absolute atomic E-state index is 6.59. The van der Waals surface area contributed by atoms with Crippen LogP contribution in [0.5, 0.6) is 0 Å². The summed E-state index contributed by atoms with van der Waals surface area (Å²) in [4.78, 5) is 0. The first kappa shape index (κ1) is 30.9. The number of para-hydroxylation sites is 3. The average molecular weight is 661 g/mol. The number of nitrogens with zero attached hydrogens (tertiary/aromatic N) is 2. The summed E-state index contributed by atoms with van der Waals surface area (Å²) < 4.78 is 4.81. The zero-order chi connectivity index (χ0) is 34.3. The minimum absolute atomic E-state index is 0.0427. The molecule has 1 unspecified atom stereocenters. The van der Waals surface area contributed by atoms with Gasteiger partial charge in [-0.05, 0) is 96.3 Å². The van der Waals surface area contributed by atoms with Crippen molar-refractivity contribution in [3.05, 3.63) is 186 Å². The van der Waals surface area contributed by atoms with Crippen LogP contribution in [0.2, 0.25) is 0 Å². The first-order valence-electron chi connectivity index (χ1n) is 17.9. The maximum Gasteiger partial charge on any atom is 0.0562 e. The number of benzene rings is 6. The third-order valence-corrected chi connectivity index (χ3v) is 10.5. The molecule has 1 aliphatic rings. The van der Waals surface area contributed by atoms with Crippen molar-refractivity contribution >= 4 is 55.4 Å². The van der Waals surface area contributed by atoms with Crippen molar-refractivity contribution in [1.82, 2.24) is 14.5 Å². The van der Waals surface area contributed by atoms with Crippen LogP contribution >= 0.6 is 0 Å². The van der Waals surface area contributed by atoms with E-state index in [1.807, 2.05) is 0 Å². The number of nitrogens with two attached hydrogens (primary N) is 1. The second-order valence-corrected chi connectivity index (χ2v) is 13.6. The van der Waals surface area contributed by atoms with Crippen molar-refractivity contribution in [2.75, 3.05) is 0 Å². The van der Waals surface area contributed by atoms with Crippen LogP contribution < -0.4 is 11.1 Å². The fraction of sp³-hybridized carbons (Fsp3) is 0.106. The minimum Gasteiger partial charge on any atom is -0.404 e. The van der Waals surface area contributed by atoms with Crippen molar-refractivity contribution in [2.45, 2.75) is 32.4 Å². The molecular weight excluding hydrogens is 621 g/mol. The third kappa shape index (κ3) is 5.45. The molecule has 248 valence electrons. The van der Waals surface area contributed by atoms with E-state index in [9.17, 15) is 0 Å². The lowest BCUT2D eigenvalue weighted by Gasteiger charge is -2.27. The fourth-order valence-corrected chi connectivity index (χ4v) is 8.16. The summed E-state index contributed by atoms with van der Waals surface area (Å²) >= 11 is 0. The summed E-state index contributed by atoms with van der Waals surface area (Å²) in [6.07, 6.45) is 8.45. The number of fused-ring (bicyclic) bond motifs is 7. The number of hydrogen-bond acceptors (Lipinski definition) is 2. The van der Waals surface area contributed by atoms with E-state index in [1.54, 1.807) is 6.20 Å². The first-order valence-corrected chi connectivity index (χ1v) is 17.9. The Labute approximate surface area is 298 Å². The molecule has 2 aromatic heterocycles. The molecule has 8 aromatic rings. The van der Waals surface area contributed by atoms with Crippen LogP contribution in [-0.2, 0) is 13.0 Å². The monoisotopic (exact) mass is 660 g/mol. The lowest BCUT2D eigenvalue weighted by Crippen LogP contribution is -2.33. The highest BCUT2D eigenvalue weighted by atomic mass is 15.0. The summed E-state index contributed by atoms with van der Waals surface area (Å²) in [5.41, 5.74) is 20.0. The second kappa shape index (κ2) is 13.0. The SMILES string of the molecule is C/C(=C\C(=C/N)C(NCc1ccccc1)C1=Cc2ccccc2CC1)n1c2ccccc2c2cc3c4ccccc4n(-c4ccccc4)c3cc21. The standard InChI is InChI=1S/C47H40N4/c1-32(26-37(30-48)47(49-31-33-14-4-2-5-15-33)36-25-24-34-16-8-9-17-35(34)27-36)50-43-22-12-10-20-39(43)41-28-42-40-21-11-13-23-44(40)51(46(42)29-45(41)50)38-18-6-3-7-19-38/h2-23,26-30,47,49H,24-25,31,48H2,1H3/b32-26+,37-30+. The number of nitrogens with one attached hydrogen (secondary N) is 1. The summed E-state index contributed by atoms with van der Waals surface area (Å²) in [7, 11) is 0. The predicted molar refractivity (Wildman–Crippen MR) is 216 cm³/mol. The predicted octanol–water partition coefficient (Wildman–Crippen LogP) is 10.8. The number of allylic oxidation sites excluding steroid dienone is 1. The van der Waals surface area contributed by atoms with Crippen LogP contribution in [0.15, 0.2) is 169 Å². The van der Waals surface area contributed by atoms with Crippen LogP contribution in [0.4, 0.5) is 0 Å². The molecule has 4 nitrogen and oxygen atoms in total. The van der Waals surface area contributed by atoms with Gasteiger partial charge in [0.2, 0.25) is 0 Å². The Hall–Kier alpha value is -6.10. The molecule has 6 aromatic carbocycles. The Kier molecular flexibility index (Phi) is 7.87. The molecular formula is C47H40N4. The number of aryl methyl sites for hydroxylation is 1. The van der Waals surface area contributed by atoms with E-state index in [0.29, 0.717) is 0 Å². The molecule has 51 heavy (non-hydrogen) atoms. The Morgan fingerprint density at radius 1 is 0.667 bits per heavy atom. The summed E-state index contributed by atoms with van der Waals surface area (Å²) in [6.45, 7) is 2.96. The molecule has 3 N–H and O–H groups in total. The smallest absolute Gasteiger partial charge is 0.0562 e. The number of aromatic nitrogens is 2. The summed E-state index contributed by atoms with van der Waals surface area (Å²) in [5, 5.41) is 8.89. The molecule has 0 amide bonds. The minimum atomic E-state index is -0.0427. The Bertz CT molecular complexity index is 2650. The lowest BCUT2D eigenvalue weighted by molar-refractivity contribution is 0.615. The van der Waals surface area contributed by atoms with Crippen LogP contribution in [0.3, 0.4) is 0 Å². The topological polar surface area (TPSA) is 47.9 Å². The van der Waals surface area contributed by atoms with E-state index in [4.69, 9.17) is 5.73 Å². The quantitative estimate of drug-likeness (QED) is 0.159. The van der Waals surface area contributed by atoms with Gasteiger partial charge in [0.25, 0.3) is 0 Å². The summed E-state index contributed by atoms with van der Waals surface area (Å²) in [6, 6.07) is 52.3. The molecule has 0 bridgehead atoms. The van der Waals surface area contributed by atoms with E-state index in [1.165, 1.54) is 65.9 Å². The largest absolute Gasteiger partial charge is 0.404 e. The number of hydrogen-bond donors (Lipinski definition) is 2. The van der Waals surface area contributed by atoms with Gasteiger partial charge < -0.3 is 20.2 Å². The molecule has 0 fully saturated rings.